The van der Waals surface area contributed by atoms with E-state index in [9.17, 15) is 21.6 Å². The van der Waals surface area contributed by atoms with Crippen LogP contribution < -0.4 is 5.32 Å². The number of nitrogens with one attached hydrogen (secondary N) is 1. The van der Waals surface area contributed by atoms with Gasteiger partial charge in [0.2, 0.25) is 15.9 Å². The van der Waals surface area contributed by atoms with Crippen LogP contribution >= 0.6 is 0 Å². The summed E-state index contributed by atoms with van der Waals surface area (Å²) < 4.78 is 56.2. The Kier molecular flexibility index (Phi) is 6.82. The summed E-state index contributed by atoms with van der Waals surface area (Å²) in [5.74, 6) is -0.515. The number of aromatic nitrogens is 2. The molecule has 1 aliphatic rings. The molecule has 12 heteroatoms. The first-order valence-corrected chi connectivity index (χ1v) is 14.0. The Balaban J connectivity index is 1.46. The van der Waals surface area contributed by atoms with E-state index in [1.54, 1.807) is 12.1 Å². The molecular formula is C22H24N4O6S2. The van der Waals surface area contributed by atoms with Crippen LogP contribution in [0.15, 0.2) is 62.7 Å². The van der Waals surface area contributed by atoms with Crippen LogP contribution in [0.2, 0.25) is 0 Å². The number of benzene rings is 2. The number of anilines is 1. The zero-order valence-electron chi connectivity index (χ0n) is 18.5. The van der Waals surface area contributed by atoms with Crippen LogP contribution in [-0.4, -0.2) is 56.6 Å². The third-order valence-corrected chi connectivity index (χ3v) is 8.50. The minimum absolute atomic E-state index is 0.0414. The van der Waals surface area contributed by atoms with Crippen LogP contribution in [0.25, 0.3) is 11.5 Å². The number of hydrogen-bond donors (Lipinski definition) is 1. The van der Waals surface area contributed by atoms with Gasteiger partial charge in [0.1, 0.15) is 0 Å². The van der Waals surface area contributed by atoms with E-state index in [0.717, 1.165) is 31.9 Å². The lowest BCUT2D eigenvalue weighted by Gasteiger charge is -2.19. The second-order valence-electron chi connectivity index (χ2n) is 8.01. The first-order chi connectivity index (χ1) is 16.1. The van der Waals surface area contributed by atoms with Crippen molar-refractivity contribution in [1.29, 1.82) is 0 Å². The molecule has 4 rings (SSSR count). The zero-order chi connectivity index (χ0) is 24.3. The minimum Gasteiger partial charge on any atom is -0.403 e. The van der Waals surface area contributed by atoms with Crippen molar-refractivity contribution in [3.63, 3.8) is 0 Å². The predicted molar refractivity (Wildman–Crippen MR) is 124 cm³/mol. The van der Waals surface area contributed by atoms with Crippen molar-refractivity contribution in [2.24, 2.45) is 0 Å². The number of amides is 1. The van der Waals surface area contributed by atoms with E-state index in [-0.39, 0.29) is 27.3 Å². The summed E-state index contributed by atoms with van der Waals surface area (Å²) in [5, 5.41) is 10.1. The molecule has 10 nitrogen and oxygen atoms in total. The molecular weight excluding hydrogens is 480 g/mol. The topological polar surface area (TPSA) is 140 Å². The molecule has 180 valence electrons. The Morgan fingerprint density at radius 1 is 0.912 bits per heavy atom. The molecule has 0 saturated carbocycles. The van der Waals surface area contributed by atoms with Gasteiger partial charge in [-0.2, -0.15) is 4.31 Å². The van der Waals surface area contributed by atoms with Gasteiger partial charge in [-0.15, -0.1) is 5.10 Å². The van der Waals surface area contributed by atoms with E-state index < -0.39 is 25.8 Å². The summed E-state index contributed by atoms with van der Waals surface area (Å²) in [6.07, 6.45) is 4.81. The van der Waals surface area contributed by atoms with Gasteiger partial charge < -0.3 is 4.42 Å². The normalized spacial score (nSPS) is 15.6. The van der Waals surface area contributed by atoms with Gasteiger partial charge in [0.25, 0.3) is 5.91 Å². The van der Waals surface area contributed by atoms with Crippen molar-refractivity contribution >= 4 is 31.8 Å². The van der Waals surface area contributed by atoms with Gasteiger partial charge in [-0.25, -0.2) is 16.8 Å². The smallest absolute Gasteiger partial charge is 0.322 e. The van der Waals surface area contributed by atoms with Crippen molar-refractivity contribution in [1.82, 2.24) is 14.5 Å². The second kappa shape index (κ2) is 9.65. The number of sulfone groups is 1. The monoisotopic (exact) mass is 504 g/mol. The average Bonchev–Trinajstić information content (AvgIpc) is 3.09. The van der Waals surface area contributed by atoms with Crippen molar-refractivity contribution in [3.8, 4) is 11.5 Å². The maximum absolute atomic E-state index is 12.9. The summed E-state index contributed by atoms with van der Waals surface area (Å²) in [7, 11) is -7.02. The molecule has 0 unspecified atom stereocenters. The molecule has 34 heavy (non-hydrogen) atoms. The average molecular weight is 505 g/mol. The van der Waals surface area contributed by atoms with Crippen LogP contribution in [0.4, 0.5) is 6.01 Å². The van der Waals surface area contributed by atoms with Crippen LogP contribution in [0.5, 0.6) is 0 Å². The summed E-state index contributed by atoms with van der Waals surface area (Å²) in [6.45, 7) is 0.994. The van der Waals surface area contributed by atoms with E-state index in [1.165, 1.54) is 40.7 Å². The summed E-state index contributed by atoms with van der Waals surface area (Å²) in [6, 6.07) is 11.5. The second-order valence-corrected chi connectivity index (χ2v) is 12.0. The van der Waals surface area contributed by atoms with E-state index >= 15 is 0 Å². The maximum atomic E-state index is 12.9. The number of carbonyl (C=O) groups is 1. The van der Waals surface area contributed by atoms with Crippen molar-refractivity contribution in [2.45, 2.75) is 35.5 Å². The highest BCUT2D eigenvalue weighted by atomic mass is 32.2. The molecule has 0 bridgehead atoms. The molecule has 0 radical (unpaired) electrons. The van der Waals surface area contributed by atoms with Crippen LogP contribution in [-0.2, 0) is 19.9 Å². The van der Waals surface area contributed by atoms with E-state index in [0.29, 0.717) is 18.7 Å². The lowest BCUT2D eigenvalue weighted by Crippen LogP contribution is -2.31. The third-order valence-electron chi connectivity index (χ3n) is 5.47. The Morgan fingerprint density at radius 3 is 2.24 bits per heavy atom. The van der Waals surface area contributed by atoms with Gasteiger partial charge in [-0.3, -0.25) is 10.1 Å². The van der Waals surface area contributed by atoms with Gasteiger partial charge in [-0.1, -0.05) is 24.0 Å². The Hall–Kier alpha value is -3.09. The molecule has 1 saturated heterocycles. The Bertz CT molecular complexity index is 1390. The number of sulfonamides is 1. The van der Waals surface area contributed by atoms with E-state index in [1.807, 2.05) is 0 Å². The fraction of sp³-hybridized carbons (Fsp3) is 0.318. The fourth-order valence-electron chi connectivity index (χ4n) is 3.63. The molecule has 1 aliphatic heterocycles. The summed E-state index contributed by atoms with van der Waals surface area (Å²) >= 11 is 0. The van der Waals surface area contributed by atoms with Crippen molar-refractivity contribution in [3.05, 3.63) is 54.1 Å². The zero-order valence-corrected chi connectivity index (χ0v) is 20.1. The summed E-state index contributed by atoms with van der Waals surface area (Å²) in [5.41, 5.74) is 0.604. The molecule has 1 aromatic heterocycles. The van der Waals surface area contributed by atoms with Gasteiger partial charge in [-0.05, 0) is 55.3 Å². The largest absolute Gasteiger partial charge is 0.403 e. The summed E-state index contributed by atoms with van der Waals surface area (Å²) in [4.78, 5) is 12.8. The lowest BCUT2D eigenvalue weighted by atomic mass is 10.2. The first-order valence-electron chi connectivity index (χ1n) is 10.7. The maximum Gasteiger partial charge on any atom is 0.322 e. The van der Waals surface area contributed by atoms with Gasteiger partial charge in [0.15, 0.2) is 9.84 Å². The van der Waals surface area contributed by atoms with Gasteiger partial charge in [0, 0.05) is 30.5 Å². The van der Waals surface area contributed by atoms with Crippen molar-refractivity contribution < 1.29 is 26.0 Å². The Labute approximate surface area is 198 Å². The first kappa shape index (κ1) is 24.0. The SMILES string of the molecule is CS(=O)(=O)c1cccc(-c2nnc(NC(=O)c3ccc(S(=O)(=O)N4CCCCCC4)cc3)o2)c1. The van der Waals surface area contributed by atoms with Crippen LogP contribution in [0.1, 0.15) is 36.0 Å². The molecule has 1 fully saturated rings. The third kappa shape index (κ3) is 5.34. The molecule has 1 amide bonds. The quantitative estimate of drug-likeness (QED) is 0.540. The highest BCUT2D eigenvalue weighted by Gasteiger charge is 2.25. The fourth-order valence-corrected chi connectivity index (χ4v) is 5.81. The standard InChI is InChI=1S/C22H24N4O6S2/c1-33(28,29)19-8-6-7-17(15-19)21-24-25-22(32-21)23-20(27)16-9-11-18(12-10-16)34(30,31)26-13-4-2-3-5-14-26/h6-12,15H,2-5,13-14H2,1H3,(H,23,25,27). The van der Waals surface area contributed by atoms with Gasteiger partial charge in [0.05, 0.1) is 9.79 Å². The highest BCUT2D eigenvalue weighted by Crippen LogP contribution is 2.24. The highest BCUT2D eigenvalue weighted by molar-refractivity contribution is 7.90. The van der Waals surface area contributed by atoms with E-state index in [2.05, 4.69) is 15.5 Å². The lowest BCUT2D eigenvalue weighted by molar-refractivity contribution is 0.102. The number of nitrogens with zero attached hydrogens (tertiary/aromatic N) is 3. The minimum atomic E-state index is -3.61. The van der Waals surface area contributed by atoms with Crippen LogP contribution in [0, 0.1) is 0 Å². The molecule has 3 aromatic rings. The predicted octanol–water partition coefficient (Wildman–Crippen LogP) is 2.96. The number of rotatable bonds is 6. The molecule has 2 heterocycles. The number of carbonyl (C=O) groups excluding carboxylic acids is 1. The molecule has 0 atom stereocenters. The number of hydrogen-bond acceptors (Lipinski definition) is 8. The molecule has 0 aliphatic carbocycles. The van der Waals surface area contributed by atoms with Gasteiger partial charge >= 0.3 is 6.01 Å². The molecule has 0 spiro atoms. The van der Waals surface area contributed by atoms with E-state index in [4.69, 9.17) is 4.42 Å². The Morgan fingerprint density at radius 2 is 1.59 bits per heavy atom. The molecule has 1 N–H and O–H groups in total. The molecule has 2 aromatic carbocycles. The van der Waals surface area contributed by atoms with Crippen molar-refractivity contribution in [2.75, 3.05) is 24.7 Å². The van der Waals surface area contributed by atoms with Crippen LogP contribution in [0.3, 0.4) is 0 Å².